The summed E-state index contributed by atoms with van der Waals surface area (Å²) in [5.41, 5.74) is 0.458. The number of benzene rings is 1. The summed E-state index contributed by atoms with van der Waals surface area (Å²) in [5, 5.41) is 2.75. The lowest BCUT2D eigenvalue weighted by atomic mass is 9.80. The molecule has 1 aromatic rings. The third-order valence-corrected chi connectivity index (χ3v) is 3.13. The number of hydrogen-bond acceptors (Lipinski definition) is 3. The summed E-state index contributed by atoms with van der Waals surface area (Å²) >= 11 is 0. The van der Waals surface area contributed by atoms with Crippen LogP contribution in [-0.4, -0.2) is 19.8 Å². The van der Waals surface area contributed by atoms with Gasteiger partial charge < -0.3 is 14.8 Å². The minimum Gasteiger partial charge on any atom is -0.496 e. The molecule has 0 saturated carbocycles. The normalized spacial score (nSPS) is 20.8. The van der Waals surface area contributed by atoms with Crippen LogP contribution in [0.5, 0.6) is 5.75 Å². The van der Waals surface area contributed by atoms with Crippen LogP contribution in [0.3, 0.4) is 0 Å². The summed E-state index contributed by atoms with van der Waals surface area (Å²) in [5.74, 6) is 0.0575. The topological polar surface area (TPSA) is 47.6 Å². The lowest BCUT2D eigenvalue weighted by Gasteiger charge is -2.39. The summed E-state index contributed by atoms with van der Waals surface area (Å²) < 4.78 is 23.3. The molecular weight excluding hydrogens is 273 g/mol. The Hall–Kier alpha value is -1.49. The lowest BCUT2D eigenvalue weighted by Crippen LogP contribution is -2.47. The smallest absolute Gasteiger partial charge is 0.407 e. The molecule has 19 heavy (non-hydrogen) atoms. The van der Waals surface area contributed by atoms with Crippen molar-refractivity contribution in [3.05, 3.63) is 29.6 Å². The minimum absolute atomic E-state index is 0. The number of nitrogens with one attached hydrogen (secondary N) is 1. The number of methoxy groups -OCH3 is 1. The van der Waals surface area contributed by atoms with Crippen molar-refractivity contribution >= 4 is 18.5 Å². The van der Waals surface area contributed by atoms with Crippen molar-refractivity contribution in [2.45, 2.75) is 19.9 Å². The summed E-state index contributed by atoms with van der Waals surface area (Å²) in [7, 11) is 1.48. The number of carbonyl (C=O) groups is 1. The SMILES string of the molecule is COc1cc(F)ccc1[C@@H]1NC(=O)OCC1(C)C.Cl. The lowest BCUT2D eigenvalue weighted by molar-refractivity contribution is 0.0381. The number of ether oxygens (including phenoxy) is 2. The molecule has 2 rings (SSSR count). The monoisotopic (exact) mass is 289 g/mol. The van der Waals surface area contributed by atoms with Crippen molar-refractivity contribution < 1.29 is 18.7 Å². The van der Waals surface area contributed by atoms with Crippen molar-refractivity contribution in [1.29, 1.82) is 0 Å². The molecule has 1 aromatic carbocycles. The summed E-state index contributed by atoms with van der Waals surface area (Å²) in [6, 6.07) is 4.03. The van der Waals surface area contributed by atoms with E-state index >= 15 is 0 Å². The van der Waals surface area contributed by atoms with Gasteiger partial charge >= 0.3 is 6.09 Å². The van der Waals surface area contributed by atoms with Gasteiger partial charge in [0.25, 0.3) is 0 Å². The fourth-order valence-electron chi connectivity index (χ4n) is 2.11. The molecule has 0 bridgehead atoms. The van der Waals surface area contributed by atoms with Crippen LogP contribution in [0, 0.1) is 11.2 Å². The van der Waals surface area contributed by atoms with Crippen LogP contribution in [0.25, 0.3) is 0 Å². The first-order valence-corrected chi connectivity index (χ1v) is 5.71. The predicted octanol–water partition coefficient (Wildman–Crippen LogP) is 3.06. The average molecular weight is 290 g/mol. The van der Waals surface area contributed by atoms with Gasteiger partial charge in [0.05, 0.1) is 13.2 Å². The highest BCUT2D eigenvalue weighted by Gasteiger charge is 2.39. The molecule has 1 aliphatic rings. The van der Waals surface area contributed by atoms with Crippen LogP contribution in [0.1, 0.15) is 25.5 Å². The Morgan fingerprint density at radius 1 is 1.47 bits per heavy atom. The van der Waals surface area contributed by atoms with Crippen molar-refractivity contribution in [3.8, 4) is 5.75 Å². The predicted molar refractivity (Wildman–Crippen MR) is 71.2 cm³/mol. The van der Waals surface area contributed by atoms with Gasteiger partial charge in [0.2, 0.25) is 0 Å². The van der Waals surface area contributed by atoms with E-state index < -0.39 is 6.09 Å². The van der Waals surface area contributed by atoms with Gasteiger partial charge in [-0.1, -0.05) is 19.9 Å². The van der Waals surface area contributed by atoms with Crippen molar-refractivity contribution in [3.63, 3.8) is 0 Å². The molecule has 4 nitrogen and oxygen atoms in total. The third-order valence-electron chi connectivity index (χ3n) is 3.13. The first-order chi connectivity index (χ1) is 8.44. The van der Waals surface area contributed by atoms with Crippen molar-refractivity contribution in [2.75, 3.05) is 13.7 Å². The van der Waals surface area contributed by atoms with E-state index in [1.54, 1.807) is 6.07 Å². The molecule has 1 aliphatic heterocycles. The molecule has 1 heterocycles. The quantitative estimate of drug-likeness (QED) is 0.910. The highest BCUT2D eigenvalue weighted by Crippen LogP contribution is 2.40. The van der Waals surface area contributed by atoms with Gasteiger partial charge in [0, 0.05) is 17.0 Å². The standard InChI is InChI=1S/C13H16FNO3.ClH/c1-13(2)7-18-12(16)15-11(13)9-5-4-8(14)6-10(9)17-3;/h4-6,11H,7H2,1-3H3,(H,15,16);1H/t11-;/m0./s1. The van der Waals surface area contributed by atoms with E-state index in [9.17, 15) is 9.18 Å². The van der Waals surface area contributed by atoms with Crippen LogP contribution in [0.4, 0.5) is 9.18 Å². The Bertz CT molecular complexity index is 479. The van der Waals surface area contributed by atoms with Gasteiger partial charge in [-0.15, -0.1) is 12.4 Å². The summed E-state index contributed by atoms with van der Waals surface area (Å²) in [4.78, 5) is 11.4. The largest absolute Gasteiger partial charge is 0.496 e. The summed E-state index contributed by atoms with van der Waals surface area (Å²) in [6.45, 7) is 4.25. The van der Waals surface area contributed by atoms with Crippen LogP contribution in [-0.2, 0) is 4.74 Å². The van der Waals surface area contributed by atoms with E-state index in [2.05, 4.69) is 5.32 Å². The molecule has 1 N–H and O–H groups in total. The second-order valence-corrected chi connectivity index (χ2v) is 5.03. The molecule has 1 amide bonds. The molecule has 1 saturated heterocycles. The number of cyclic esters (lactones) is 1. The van der Waals surface area contributed by atoms with E-state index in [4.69, 9.17) is 9.47 Å². The van der Waals surface area contributed by atoms with Gasteiger partial charge in [-0.3, -0.25) is 0 Å². The Morgan fingerprint density at radius 2 is 2.16 bits per heavy atom. The van der Waals surface area contributed by atoms with Gasteiger partial charge in [0.15, 0.2) is 0 Å². The number of hydrogen-bond donors (Lipinski definition) is 1. The molecular formula is C13H17ClFNO3. The molecule has 0 unspecified atom stereocenters. The Morgan fingerprint density at radius 3 is 2.79 bits per heavy atom. The fraction of sp³-hybridized carbons (Fsp3) is 0.462. The Balaban J connectivity index is 0.00000180. The molecule has 1 atom stereocenters. The second-order valence-electron chi connectivity index (χ2n) is 5.03. The molecule has 6 heteroatoms. The van der Waals surface area contributed by atoms with Crippen LogP contribution < -0.4 is 10.1 Å². The maximum Gasteiger partial charge on any atom is 0.407 e. The van der Waals surface area contributed by atoms with E-state index in [0.717, 1.165) is 5.56 Å². The van der Waals surface area contributed by atoms with Crippen LogP contribution in [0.2, 0.25) is 0 Å². The van der Waals surface area contributed by atoms with Crippen LogP contribution >= 0.6 is 12.4 Å². The first-order valence-electron chi connectivity index (χ1n) is 5.71. The van der Waals surface area contributed by atoms with Crippen LogP contribution in [0.15, 0.2) is 18.2 Å². The Labute approximate surface area is 117 Å². The first kappa shape index (κ1) is 15.6. The average Bonchev–Trinajstić information content (AvgIpc) is 2.32. The highest BCUT2D eigenvalue weighted by molar-refractivity contribution is 5.85. The maximum atomic E-state index is 13.2. The number of halogens is 2. The van der Waals surface area contributed by atoms with Gasteiger partial charge in [-0.25, -0.2) is 9.18 Å². The fourth-order valence-corrected chi connectivity index (χ4v) is 2.11. The van der Waals surface area contributed by atoms with Crippen molar-refractivity contribution in [2.24, 2.45) is 5.41 Å². The number of carbonyl (C=O) groups excluding carboxylic acids is 1. The number of amides is 1. The van der Waals surface area contributed by atoms with E-state index in [1.807, 2.05) is 13.8 Å². The molecule has 0 aromatic heterocycles. The molecule has 0 radical (unpaired) electrons. The molecule has 1 fully saturated rings. The molecule has 0 spiro atoms. The van der Waals surface area contributed by atoms with Gasteiger partial charge in [-0.05, 0) is 6.07 Å². The van der Waals surface area contributed by atoms with Gasteiger partial charge in [0.1, 0.15) is 18.2 Å². The zero-order chi connectivity index (χ0) is 13.3. The zero-order valence-electron chi connectivity index (χ0n) is 11.0. The number of alkyl carbamates (subject to hydrolysis) is 1. The van der Waals surface area contributed by atoms with Gasteiger partial charge in [-0.2, -0.15) is 0 Å². The van der Waals surface area contributed by atoms with Crippen molar-refractivity contribution in [1.82, 2.24) is 5.32 Å². The highest BCUT2D eigenvalue weighted by atomic mass is 35.5. The van der Waals surface area contributed by atoms with E-state index in [0.29, 0.717) is 12.4 Å². The Kier molecular flexibility index (Phi) is 4.63. The third kappa shape index (κ3) is 3.10. The van der Waals surface area contributed by atoms with E-state index in [1.165, 1.54) is 19.2 Å². The zero-order valence-corrected chi connectivity index (χ0v) is 11.8. The van der Waals surface area contributed by atoms with E-state index in [-0.39, 0.29) is 29.7 Å². The minimum atomic E-state index is -0.467. The number of rotatable bonds is 2. The maximum absolute atomic E-state index is 13.2. The second kappa shape index (κ2) is 5.65. The summed E-state index contributed by atoms with van der Waals surface area (Å²) in [6.07, 6.45) is -0.467. The molecule has 0 aliphatic carbocycles. The molecule has 106 valence electrons.